The number of carboxylic acids is 1. The highest BCUT2D eigenvalue weighted by atomic mass is 16.4. The first kappa shape index (κ1) is 14.1. The molecule has 0 saturated heterocycles. The molecule has 0 fully saturated rings. The lowest BCUT2D eigenvalue weighted by Crippen LogP contribution is -1.94. The van der Waals surface area contributed by atoms with Crippen molar-refractivity contribution in [2.45, 2.75) is 0 Å². The van der Waals surface area contributed by atoms with E-state index < -0.39 is 5.97 Å². The molecule has 0 aliphatic carbocycles. The van der Waals surface area contributed by atoms with Gasteiger partial charge >= 0.3 is 5.97 Å². The van der Waals surface area contributed by atoms with Gasteiger partial charge in [-0.05, 0) is 29.8 Å². The Labute approximate surface area is 137 Å². The Balaban J connectivity index is 1.83. The topological polar surface area (TPSA) is 78.9 Å². The maximum Gasteiger partial charge on any atom is 0.335 e. The predicted octanol–water partition coefficient (Wildman–Crippen LogP) is 3.99. The average molecular weight is 315 g/mol. The van der Waals surface area contributed by atoms with Crippen molar-refractivity contribution in [3.8, 4) is 22.3 Å². The molecule has 0 amide bonds. The van der Waals surface area contributed by atoms with E-state index in [1.807, 2.05) is 36.7 Å². The molecule has 4 rings (SSSR count). The van der Waals surface area contributed by atoms with Crippen LogP contribution in [0.3, 0.4) is 0 Å². The molecule has 0 bridgehead atoms. The summed E-state index contributed by atoms with van der Waals surface area (Å²) in [5.41, 5.74) is 4.98. The van der Waals surface area contributed by atoms with Crippen LogP contribution in [0, 0.1) is 0 Å². The van der Waals surface area contributed by atoms with Crippen LogP contribution in [-0.2, 0) is 0 Å². The quantitative estimate of drug-likeness (QED) is 0.599. The second-order valence-corrected chi connectivity index (χ2v) is 5.45. The number of aromatic amines is 1. The van der Waals surface area contributed by atoms with Crippen LogP contribution < -0.4 is 0 Å². The lowest BCUT2D eigenvalue weighted by Gasteiger charge is -2.03. The molecule has 0 spiro atoms. The minimum absolute atomic E-state index is 0.271. The van der Waals surface area contributed by atoms with Crippen molar-refractivity contribution >= 4 is 17.0 Å². The maximum atomic E-state index is 11.0. The minimum atomic E-state index is -0.930. The summed E-state index contributed by atoms with van der Waals surface area (Å²) >= 11 is 0. The molecule has 1 aromatic carbocycles. The normalized spacial score (nSPS) is 10.8. The number of carbonyl (C=O) groups is 1. The van der Waals surface area contributed by atoms with E-state index in [0.717, 1.165) is 33.3 Å². The van der Waals surface area contributed by atoms with E-state index in [9.17, 15) is 4.79 Å². The highest BCUT2D eigenvalue weighted by Crippen LogP contribution is 2.30. The number of nitrogens with one attached hydrogen (secondary N) is 1. The molecule has 3 aromatic heterocycles. The Morgan fingerprint density at radius 2 is 1.83 bits per heavy atom. The van der Waals surface area contributed by atoms with Crippen LogP contribution in [0.2, 0.25) is 0 Å². The largest absolute Gasteiger partial charge is 0.478 e. The number of aromatic nitrogens is 3. The summed E-state index contributed by atoms with van der Waals surface area (Å²) in [7, 11) is 0. The monoisotopic (exact) mass is 315 g/mol. The Bertz CT molecular complexity index is 1020. The summed E-state index contributed by atoms with van der Waals surface area (Å²) in [5.74, 6) is -0.930. The molecule has 0 unspecified atom stereocenters. The first-order valence-corrected chi connectivity index (χ1v) is 7.43. The molecule has 116 valence electrons. The summed E-state index contributed by atoms with van der Waals surface area (Å²) in [6.07, 6.45) is 7.24. The van der Waals surface area contributed by atoms with Crippen molar-refractivity contribution in [3.63, 3.8) is 0 Å². The Morgan fingerprint density at radius 1 is 1.00 bits per heavy atom. The van der Waals surface area contributed by atoms with Crippen LogP contribution in [0.4, 0.5) is 0 Å². The molecule has 0 atom stereocenters. The van der Waals surface area contributed by atoms with Crippen molar-refractivity contribution in [3.05, 3.63) is 72.8 Å². The van der Waals surface area contributed by atoms with Crippen LogP contribution in [0.15, 0.2) is 67.3 Å². The summed E-state index contributed by atoms with van der Waals surface area (Å²) in [5, 5.41) is 10.0. The molecule has 2 N–H and O–H groups in total. The van der Waals surface area contributed by atoms with Crippen LogP contribution in [0.1, 0.15) is 10.4 Å². The number of hydrogen-bond acceptors (Lipinski definition) is 3. The number of fused-ring (bicyclic) bond motifs is 1. The SMILES string of the molecule is O=C(O)c1ccc(-c2c[nH]c3ncc(-c4cccnc4)cc23)cc1. The molecule has 3 heterocycles. The number of rotatable bonds is 3. The fourth-order valence-corrected chi connectivity index (χ4v) is 2.73. The zero-order valence-corrected chi connectivity index (χ0v) is 12.6. The highest BCUT2D eigenvalue weighted by molar-refractivity contribution is 5.96. The van der Waals surface area contributed by atoms with Gasteiger partial charge in [0.05, 0.1) is 5.56 Å². The van der Waals surface area contributed by atoms with Crippen LogP contribution in [-0.4, -0.2) is 26.0 Å². The third-order valence-electron chi connectivity index (χ3n) is 3.97. The molecule has 24 heavy (non-hydrogen) atoms. The van der Waals surface area contributed by atoms with Crippen molar-refractivity contribution in [2.75, 3.05) is 0 Å². The minimum Gasteiger partial charge on any atom is -0.478 e. The van der Waals surface area contributed by atoms with E-state index in [-0.39, 0.29) is 5.56 Å². The number of pyridine rings is 2. The Kier molecular flexibility index (Phi) is 3.31. The molecular weight excluding hydrogens is 302 g/mol. The van der Waals surface area contributed by atoms with Crippen molar-refractivity contribution in [2.24, 2.45) is 0 Å². The maximum absolute atomic E-state index is 11.0. The van der Waals surface area contributed by atoms with Gasteiger partial charge in [-0.25, -0.2) is 9.78 Å². The first-order chi connectivity index (χ1) is 11.7. The van der Waals surface area contributed by atoms with E-state index in [1.54, 1.807) is 24.5 Å². The summed E-state index contributed by atoms with van der Waals surface area (Å²) < 4.78 is 0. The fraction of sp³-hybridized carbons (Fsp3) is 0. The fourth-order valence-electron chi connectivity index (χ4n) is 2.73. The third-order valence-corrected chi connectivity index (χ3v) is 3.97. The zero-order valence-electron chi connectivity index (χ0n) is 12.6. The Hall–Kier alpha value is -3.47. The zero-order chi connectivity index (χ0) is 16.5. The Morgan fingerprint density at radius 3 is 2.54 bits per heavy atom. The van der Waals surface area contributed by atoms with E-state index in [1.165, 1.54) is 0 Å². The van der Waals surface area contributed by atoms with Crippen LogP contribution >= 0.6 is 0 Å². The number of H-pyrrole nitrogens is 1. The van der Waals surface area contributed by atoms with E-state index in [2.05, 4.69) is 21.0 Å². The lowest BCUT2D eigenvalue weighted by atomic mass is 10.0. The molecule has 5 nitrogen and oxygen atoms in total. The van der Waals surface area contributed by atoms with Gasteiger partial charge in [-0.1, -0.05) is 18.2 Å². The molecule has 5 heteroatoms. The summed E-state index contributed by atoms with van der Waals surface area (Å²) in [6.45, 7) is 0. The molecule has 0 aliphatic rings. The van der Waals surface area contributed by atoms with Gasteiger partial charge in [-0.15, -0.1) is 0 Å². The number of aromatic carboxylic acids is 1. The van der Waals surface area contributed by atoms with Gasteiger partial charge in [-0.2, -0.15) is 0 Å². The molecular formula is C19H13N3O2. The molecule has 0 saturated carbocycles. The second kappa shape index (κ2) is 5.62. The number of carboxylic acid groups (broad SMARTS) is 1. The second-order valence-electron chi connectivity index (χ2n) is 5.45. The van der Waals surface area contributed by atoms with Gasteiger partial charge in [0.1, 0.15) is 5.65 Å². The van der Waals surface area contributed by atoms with Gasteiger partial charge < -0.3 is 10.1 Å². The van der Waals surface area contributed by atoms with E-state index >= 15 is 0 Å². The van der Waals surface area contributed by atoms with Gasteiger partial charge in [-0.3, -0.25) is 4.98 Å². The lowest BCUT2D eigenvalue weighted by molar-refractivity contribution is 0.0697. The van der Waals surface area contributed by atoms with Crippen molar-refractivity contribution in [1.82, 2.24) is 15.0 Å². The summed E-state index contributed by atoms with van der Waals surface area (Å²) in [4.78, 5) is 22.8. The van der Waals surface area contributed by atoms with Gasteiger partial charge in [0, 0.05) is 46.9 Å². The average Bonchev–Trinajstić information content (AvgIpc) is 3.05. The molecule has 4 aromatic rings. The van der Waals surface area contributed by atoms with Gasteiger partial charge in [0.15, 0.2) is 0 Å². The van der Waals surface area contributed by atoms with Gasteiger partial charge in [0.25, 0.3) is 0 Å². The van der Waals surface area contributed by atoms with Crippen molar-refractivity contribution in [1.29, 1.82) is 0 Å². The number of benzene rings is 1. The molecule has 0 aliphatic heterocycles. The predicted molar refractivity (Wildman–Crippen MR) is 91.7 cm³/mol. The van der Waals surface area contributed by atoms with E-state index in [0.29, 0.717) is 0 Å². The van der Waals surface area contributed by atoms with Crippen LogP contribution in [0.5, 0.6) is 0 Å². The number of nitrogens with zero attached hydrogens (tertiary/aromatic N) is 2. The van der Waals surface area contributed by atoms with Crippen molar-refractivity contribution < 1.29 is 9.90 Å². The smallest absolute Gasteiger partial charge is 0.335 e. The standard InChI is InChI=1S/C19H13N3O2/c23-19(24)13-5-3-12(4-6-13)17-11-22-18-16(17)8-15(10-21-18)14-2-1-7-20-9-14/h1-11H,(H,21,22)(H,23,24). The van der Waals surface area contributed by atoms with Gasteiger partial charge in [0.2, 0.25) is 0 Å². The van der Waals surface area contributed by atoms with E-state index in [4.69, 9.17) is 5.11 Å². The summed E-state index contributed by atoms with van der Waals surface area (Å²) in [6, 6.07) is 12.8. The van der Waals surface area contributed by atoms with Crippen LogP contribution in [0.25, 0.3) is 33.3 Å². The highest BCUT2D eigenvalue weighted by Gasteiger charge is 2.10. The third kappa shape index (κ3) is 2.42. The number of hydrogen-bond donors (Lipinski definition) is 2. The molecule has 0 radical (unpaired) electrons. The first-order valence-electron chi connectivity index (χ1n) is 7.43.